The van der Waals surface area contributed by atoms with Gasteiger partial charge in [-0.05, 0) is 132 Å². The molecular formula is C58H65N3. The first-order valence-corrected chi connectivity index (χ1v) is 22.1. The monoisotopic (exact) mass is 804 g/mol. The molecule has 0 fully saturated rings. The first-order valence-electron chi connectivity index (χ1n) is 22.1. The van der Waals surface area contributed by atoms with Crippen LogP contribution in [0.15, 0.2) is 115 Å². The summed E-state index contributed by atoms with van der Waals surface area (Å²) in [5, 5.41) is 4.81. The maximum atomic E-state index is 5.71. The maximum Gasteiger partial charge on any atom is 0.0736 e. The van der Waals surface area contributed by atoms with Gasteiger partial charge in [-0.1, -0.05) is 152 Å². The van der Waals surface area contributed by atoms with Gasteiger partial charge in [-0.15, -0.1) is 0 Å². The molecule has 312 valence electrons. The number of hydrogen-bond acceptors (Lipinski definition) is 2. The van der Waals surface area contributed by atoms with Crippen LogP contribution in [0.3, 0.4) is 0 Å². The van der Waals surface area contributed by atoms with E-state index < -0.39 is 0 Å². The summed E-state index contributed by atoms with van der Waals surface area (Å²) in [6, 6.07) is 41.3. The zero-order valence-corrected chi connectivity index (χ0v) is 39.4. The highest BCUT2D eigenvalue weighted by molar-refractivity contribution is 6.12. The fraction of sp³-hybridized carbons (Fsp3) is 0.345. The molecule has 5 aromatic carbocycles. The minimum absolute atomic E-state index is 0.0268. The number of pyridine rings is 2. The van der Waals surface area contributed by atoms with E-state index >= 15 is 0 Å². The van der Waals surface area contributed by atoms with Gasteiger partial charge in [-0.3, -0.25) is 4.98 Å². The third kappa shape index (κ3) is 8.41. The van der Waals surface area contributed by atoms with Crippen molar-refractivity contribution in [2.45, 2.75) is 131 Å². The lowest BCUT2D eigenvalue weighted by Crippen LogP contribution is -2.16. The molecule has 0 saturated heterocycles. The van der Waals surface area contributed by atoms with Crippen LogP contribution in [-0.4, -0.2) is 15.0 Å². The summed E-state index contributed by atoms with van der Waals surface area (Å²) in [5.74, 6) is 0. The van der Waals surface area contributed by atoms with Crippen molar-refractivity contribution in [3.63, 3.8) is 0 Å². The number of aromatic amines is 1. The second-order valence-electron chi connectivity index (χ2n) is 22.7. The maximum absolute atomic E-state index is 5.71. The van der Waals surface area contributed by atoms with Gasteiger partial charge in [0, 0.05) is 44.6 Å². The molecule has 61 heavy (non-hydrogen) atoms. The van der Waals surface area contributed by atoms with Crippen molar-refractivity contribution in [3.05, 3.63) is 143 Å². The number of nitrogens with one attached hydrogen (secondary N) is 1. The summed E-state index contributed by atoms with van der Waals surface area (Å²) in [7, 11) is 0. The van der Waals surface area contributed by atoms with Gasteiger partial charge in [0.05, 0.1) is 22.6 Å². The molecule has 3 aromatic heterocycles. The molecule has 0 radical (unpaired) electrons. The van der Waals surface area contributed by atoms with Crippen LogP contribution in [0.2, 0.25) is 0 Å². The average Bonchev–Trinajstić information content (AvgIpc) is 3.56. The largest absolute Gasteiger partial charge is 0.354 e. The SMILES string of the molecule is CC(C)(C)c1cc(-c2cc3ccccc3cn2)cc(-c2cc(-c3cc(C(C)(C)C)cc(C(C)(C)C)c3)cc(-c3cc(C(C)(C)C)cc4c3[nH]c3ccc(C(C)(C)C)cc34)n2)c1. The first kappa shape index (κ1) is 42.2. The quantitative estimate of drug-likeness (QED) is 0.193. The van der Waals surface area contributed by atoms with Gasteiger partial charge in [-0.2, -0.15) is 0 Å². The zero-order valence-electron chi connectivity index (χ0n) is 39.4. The molecule has 0 unspecified atom stereocenters. The van der Waals surface area contributed by atoms with Gasteiger partial charge in [0.25, 0.3) is 0 Å². The van der Waals surface area contributed by atoms with E-state index in [0.29, 0.717) is 0 Å². The minimum atomic E-state index is -0.103. The Kier molecular flexibility index (Phi) is 10.1. The summed E-state index contributed by atoms with van der Waals surface area (Å²) in [6.45, 7) is 34.6. The molecule has 0 saturated carbocycles. The minimum Gasteiger partial charge on any atom is -0.354 e. The van der Waals surface area contributed by atoms with E-state index in [1.54, 1.807) is 0 Å². The van der Waals surface area contributed by atoms with E-state index in [2.05, 4.69) is 218 Å². The molecule has 0 bridgehead atoms. The molecule has 3 heterocycles. The third-order valence-electron chi connectivity index (χ3n) is 12.6. The second kappa shape index (κ2) is 14.5. The fourth-order valence-electron chi connectivity index (χ4n) is 8.34. The molecular weight excluding hydrogens is 739 g/mol. The van der Waals surface area contributed by atoms with E-state index in [-0.39, 0.29) is 27.1 Å². The van der Waals surface area contributed by atoms with E-state index in [1.165, 1.54) is 49.5 Å². The number of benzene rings is 5. The fourth-order valence-corrected chi connectivity index (χ4v) is 8.34. The van der Waals surface area contributed by atoms with Crippen LogP contribution in [-0.2, 0) is 27.1 Å². The molecule has 8 rings (SSSR count). The second-order valence-corrected chi connectivity index (χ2v) is 22.7. The van der Waals surface area contributed by atoms with Crippen molar-refractivity contribution in [2.75, 3.05) is 0 Å². The summed E-state index contributed by atoms with van der Waals surface area (Å²) in [4.78, 5) is 14.6. The lowest BCUT2D eigenvalue weighted by atomic mass is 9.78. The highest BCUT2D eigenvalue weighted by Gasteiger charge is 2.25. The smallest absolute Gasteiger partial charge is 0.0736 e. The number of H-pyrrole nitrogens is 1. The van der Waals surface area contributed by atoms with E-state index in [0.717, 1.165) is 55.8 Å². The van der Waals surface area contributed by atoms with E-state index in [9.17, 15) is 0 Å². The van der Waals surface area contributed by atoms with Crippen molar-refractivity contribution in [1.82, 2.24) is 15.0 Å². The number of aromatic nitrogens is 3. The molecule has 3 heteroatoms. The lowest BCUT2D eigenvalue weighted by Gasteiger charge is -2.26. The summed E-state index contributed by atoms with van der Waals surface area (Å²) < 4.78 is 0. The third-order valence-corrected chi connectivity index (χ3v) is 12.6. The molecule has 0 amide bonds. The first-order chi connectivity index (χ1) is 28.3. The summed E-state index contributed by atoms with van der Waals surface area (Å²) in [6.07, 6.45) is 2.00. The standard InChI is InChI=1S/C58H65N3/c1-54(2,3)41-20-21-49-46(31-41)47-32-45(58(13,14)15)33-48(53(47)61-49)52-29-38(37-23-43(56(7,8)9)30-44(24-37)57(10,11)12)28-51(60-52)40-22-39(25-42(26-40)55(4,5)6)50-27-35-18-16-17-19-36(35)34-59-50/h16-34,61H,1-15H3. The van der Waals surface area contributed by atoms with Gasteiger partial charge >= 0.3 is 0 Å². The van der Waals surface area contributed by atoms with Crippen LogP contribution in [0.1, 0.15) is 132 Å². The van der Waals surface area contributed by atoms with E-state index in [1.807, 2.05) is 6.20 Å². The molecule has 1 N–H and O–H groups in total. The molecule has 0 spiro atoms. The van der Waals surface area contributed by atoms with Crippen molar-refractivity contribution < 1.29 is 0 Å². The Morgan fingerprint density at radius 1 is 0.377 bits per heavy atom. The van der Waals surface area contributed by atoms with Crippen LogP contribution in [0.5, 0.6) is 0 Å². The number of rotatable bonds is 4. The van der Waals surface area contributed by atoms with Crippen molar-refractivity contribution in [3.8, 4) is 44.9 Å². The average molecular weight is 804 g/mol. The van der Waals surface area contributed by atoms with Crippen LogP contribution in [0.4, 0.5) is 0 Å². The number of nitrogens with zero attached hydrogens (tertiary/aromatic N) is 2. The molecule has 0 aliphatic rings. The van der Waals surface area contributed by atoms with Crippen molar-refractivity contribution in [2.24, 2.45) is 0 Å². The molecule has 8 aromatic rings. The topological polar surface area (TPSA) is 41.6 Å². The lowest BCUT2D eigenvalue weighted by molar-refractivity contribution is 0.569. The van der Waals surface area contributed by atoms with Gasteiger partial charge in [0.1, 0.15) is 0 Å². The Bertz CT molecular complexity index is 2940. The van der Waals surface area contributed by atoms with Gasteiger partial charge in [0.15, 0.2) is 0 Å². The molecule has 0 aliphatic heterocycles. The van der Waals surface area contributed by atoms with Crippen LogP contribution >= 0.6 is 0 Å². The summed E-state index contributed by atoms with van der Waals surface area (Å²) >= 11 is 0. The van der Waals surface area contributed by atoms with Crippen LogP contribution < -0.4 is 0 Å². The van der Waals surface area contributed by atoms with Crippen LogP contribution in [0, 0.1) is 0 Å². The predicted molar refractivity (Wildman–Crippen MR) is 264 cm³/mol. The highest BCUT2D eigenvalue weighted by Crippen LogP contribution is 2.43. The number of hydrogen-bond donors (Lipinski definition) is 1. The van der Waals surface area contributed by atoms with Crippen molar-refractivity contribution in [1.29, 1.82) is 0 Å². The normalized spacial score (nSPS) is 13.2. The highest BCUT2D eigenvalue weighted by atomic mass is 14.8. The number of fused-ring (bicyclic) bond motifs is 4. The van der Waals surface area contributed by atoms with Gasteiger partial charge in [-0.25, -0.2) is 4.98 Å². The zero-order chi connectivity index (χ0) is 44.0. The Labute approximate surface area is 365 Å². The Morgan fingerprint density at radius 2 is 0.869 bits per heavy atom. The van der Waals surface area contributed by atoms with Gasteiger partial charge < -0.3 is 4.98 Å². The Morgan fingerprint density at radius 3 is 1.48 bits per heavy atom. The Balaban J connectivity index is 1.46. The molecule has 3 nitrogen and oxygen atoms in total. The Hall–Kier alpha value is -5.54. The molecule has 0 aliphatic carbocycles. The van der Waals surface area contributed by atoms with Crippen LogP contribution in [0.25, 0.3) is 77.5 Å². The van der Waals surface area contributed by atoms with Crippen molar-refractivity contribution >= 4 is 32.6 Å². The van der Waals surface area contributed by atoms with Gasteiger partial charge in [0.2, 0.25) is 0 Å². The summed E-state index contributed by atoms with van der Waals surface area (Å²) in [5.41, 5.74) is 17.1. The predicted octanol–water partition coefficient (Wildman–Crippen LogP) is 16.4. The van der Waals surface area contributed by atoms with E-state index in [4.69, 9.17) is 9.97 Å². The molecule has 0 atom stereocenters.